The monoisotopic (exact) mass is 417 g/mol. The van der Waals surface area contributed by atoms with Crippen LogP contribution in [-0.2, 0) is 16.1 Å². The number of hydrogen-bond donors (Lipinski definition) is 1. The van der Waals surface area contributed by atoms with Crippen molar-refractivity contribution in [1.29, 1.82) is 0 Å². The van der Waals surface area contributed by atoms with Crippen molar-refractivity contribution in [2.45, 2.75) is 46.8 Å². The quantitative estimate of drug-likeness (QED) is 0.458. The van der Waals surface area contributed by atoms with E-state index in [4.69, 9.17) is 9.47 Å². The summed E-state index contributed by atoms with van der Waals surface area (Å²) in [6, 6.07) is 22.4. The molecule has 0 amide bonds. The van der Waals surface area contributed by atoms with Crippen LogP contribution in [0, 0.1) is 13.8 Å². The Balaban J connectivity index is 1.58. The highest BCUT2D eigenvalue weighted by atomic mass is 16.6. The topological polar surface area (TPSA) is 47.6 Å². The van der Waals surface area contributed by atoms with E-state index in [0.717, 1.165) is 17.0 Å². The summed E-state index contributed by atoms with van der Waals surface area (Å²) >= 11 is 0. The van der Waals surface area contributed by atoms with Crippen molar-refractivity contribution >= 4 is 11.7 Å². The highest BCUT2D eigenvalue weighted by Gasteiger charge is 2.15. The molecule has 0 aromatic heterocycles. The molecule has 0 radical (unpaired) electrons. The maximum Gasteiger partial charge on any atom is 0.325 e. The third kappa shape index (κ3) is 6.61. The van der Waals surface area contributed by atoms with Crippen LogP contribution in [0.4, 0.5) is 5.69 Å². The zero-order valence-electron chi connectivity index (χ0n) is 19.0. The molecule has 0 spiro atoms. The van der Waals surface area contributed by atoms with E-state index in [0.29, 0.717) is 6.61 Å². The molecular weight excluding hydrogens is 386 g/mol. The molecule has 0 aliphatic carbocycles. The second-order valence-corrected chi connectivity index (χ2v) is 8.72. The molecule has 0 heterocycles. The molecule has 0 unspecified atom stereocenters. The van der Waals surface area contributed by atoms with Gasteiger partial charge in [0.25, 0.3) is 0 Å². The van der Waals surface area contributed by atoms with Gasteiger partial charge >= 0.3 is 5.97 Å². The molecule has 3 aromatic rings. The average Bonchev–Trinajstić information content (AvgIpc) is 2.70. The van der Waals surface area contributed by atoms with Gasteiger partial charge in [-0.05, 0) is 92.8 Å². The molecular formula is C27H31NO3. The number of aryl methyl sites for hydroxylation is 2. The maximum atomic E-state index is 11.8. The average molecular weight is 418 g/mol. The van der Waals surface area contributed by atoms with Crippen molar-refractivity contribution in [3.8, 4) is 16.9 Å². The second-order valence-electron chi connectivity index (χ2n) is 8.72. The number of nitrogens with one attached hydrogen (secondary N) is 1. The molecule has 31 heavy (non-hydrogen) atoms. The SMILES string of the molecule is Cc1cccc(C)c1-c1cccc(COc2ccc(NCC(=O)OC(C)(C)C)cc2)c1. The molecule has 4 nitrogen and oxygen atoms in total. The minimum atomic E-state index is -0.480. The number of carbonyl (C=O) groups excluding carboxylic acids is 1. The lowest BCUT2D eigenvalue weighted by atomic mass is 9.95. The predicted molar refractivity (Wildman–Crippen MR) is 126 cm³/mol. The van der Waals surface area contributed by atoms with Gasteiger partial charge in [-0.2, -0.15) is 0 Å². The van der Waals surface area contributed by atoms with Gasteiger partial charge in [0.1, 0.15) is 24.5 Å². The molecule has 0 bridgehead atoms. The fourth-order valence-corrected chi connectivity index (χ4v) is 3.47. The first-order valence-corrected chi connectivity index (χ1v) is 10.6. The lowest BCUT2D eigenvalue weighted by Gasteiger charge is -2.19. The van der Waals surface area contributed by atoms with E-state index in [9.17, 15) is 4.79 Å². The molecule has 0 fully saturated rings. The molecule has 1 N–H and O–H groups in total. The van der Waals surface area contributed by atoms with Crippen LogP contribution < -0.4 is 10.1 Å². The van der Waals surface area contributed by atoms with Crippen molar-refractivity contribution < 1.29 is 14.3 Å². The number of hydrogen-bond acceptors (Lipinski definition) is 4. The van der Waals surface area contributed by atoms with E-state index >= 15 is 0 Å². The van der Waals surface area contributed by atoms with Gasteiger partial charge in [-0.25, -0.2) is 0 Å². The first-order chi connectivity index (χ1) is 14.7. The van der Waals surface area contributed by atoms with E-state index in [2.05, 4.69) is 61.6 Å². The molecule has 0 saturated carbocycles. The standard InChI is InChI=1S/C27H31NO3/c1-19-8-6-9-20(2)26(19)22-11-7-10-21(16-22)18-30-24-14-12-23(13-15-24)28-17-25(29)31-27(3,4)5/h6-16,28H,17-18H2,1-5H3. The van der Waals surface area contributed by atoms with Gasteiger partial charge in [-0.15, -0.1) is 0 Å². The van der Waals surface area contributed by atoms with E-state index in [1.165, 1.54) is 22.3 Å². The Morgan fingerprint density at radius 2 is 1.55 bits per heavy atom. The van der Waals surface area contributed by atoms with Gasteiger partial charge in [0.15, 0.2) is 0 Å². The largest absolute Gasteiger partial charge is 0.489 e. The van der Waals surface area contributed by atoms with Gasteiger partial charge in [-0.3, -0.25) is 4.79 Å². The lowest BCUT2D eigenvalue weighted by Crippen LogP contribution is -2.28. The fourth-order valence-electron chi connectivity index (χ4n) is 3.47. The Morgan fingerprint density at radius 3 is 2.19 bits per heavy atom. The van der Waals surface area contributed by atoms with Crippen LogP contribution in [0.15, 0.2) is 66.7 Å². The van der Waals surface area contributed by atoms with Gasteiger partial charge in [-0.1, -0.05) is 36.4 Å². The summed E-state index contributed by atoms with van der Waals surface area (Å²) in [5.41, 5.74) is 6.51. The van der Waals surface area contributed by atoms with Crippen molar-refractivity contribution in [3.05, 3.63) is 83.4 Å². The van der Waals surface area contributed by atoms with Gasteiger partial charge < -0.3 is 14.8 Å². The van der Waals surface area contributed by atoms with Crippen molar-refractivity contribution in [2.24, 2.45) is 0 Å². The summed E-state index contributed by atoms with van der Waals surface area (Å²) < 4.78 is 11.3. The third-order valence-electron chi connectivity index (χ3n) is 4.81. The van der Waals surface area contributed by atoms with E-state index in [1.54, 1.807) is 0 Å². The molecule has 0 saturated heterocycles. The zero-order valence-corrected chi connectivity index (χ0v) is 19.0. The van der Waals surface area contributed by atoms with Crippen LogP contribution >= 0.6 is 0 Å². The van der Waals surface area contributed by atoms with Crippen LogP contribution in [0.25, 0.3) is 11.1 Å². The predicted octanol–water partition coefficient (Wildman–Crippen LogP) is 6.30. The van der Waals surface area contributed by atoms with Crippen LogP contribution in [-0.4, -0.2) is 18.1 Å². The Hall–Kier alpha value is -3.27. The number of esters is 1. The number of rotatable bonds is 7. The van der Waals surface area contributed by atoms with E-state index < -0.39 is 5.60 Å². The smallest absolute Gasteiger partial charge is 0.325 e. The molecule has 0 aliphatic heterocycles. The van der Waals surface area contributed by atoms with Gasteiger partial charge in [0.2, 0.25) is 0 Å². The molecule has 4 heteroatoms. The Kier molecular flexibility index (Phi) is 7.01. The van der Waals surface area contributed by atoms with E-state index in [-0.39, 0.29) is 12.5 Å². The molecule has 0 atom stereocenters. The van der Waals surface area contributed by atoms with E-state index in [1.807, 2.05) is 45.0 Å². The second kappa shape index (κ2) is 9.69. The number of carbonyl (C=O) groups is 1. The third-order valence-corrected chi connectivity index (χ3v) is 4.81. The summed E-state index contributed by atoms with van der Waals surface area (Å²) in [6.45, 7) is 10.5. The number of ether oxygens (including phenoxy) is 2. The minimum Gasteiger partial charge on any atom is -0.489 e. The summed E-state index contributed by atoms with van der Waals surface area (Å²) in [6.07, 6.45) is 0. The van der Waals surface area contributed by atoms with Crippen LogP contribution in [0.3, 0.4) is 0 Å². The number of anilines is 1. The summed E-state index contributed by atoms with van der Waals surface area (Å²) in [4.78, 5) is 11.8. The van der Waals surface area contributed by atoms with Gasteiger partial charge in [0.05, 0.1) is 0 Å². The summed E-state index contributed by atoms with van der Waals surface area (Å²) in [5.74, 6) is 0.497. The Morgan fingerprint density at radius 1 is 0.903 bits per heavy atom. The van der Waals surface area contributed by atoms with Crippen LogP contribution in [0.5, 0.6) is 5.75 Å². The van der Waals surface area contributed by atoms with Crippen LogP contribution in [0.1, 0.15) is 37.5 Å². The van der Waals surface area contributed by atoms with Crippen molar-refractivity contribution in [2.75, 3.05) is 11.9 Å². The zero-order chi connectivity index (χ0) is 22.4. The highest BCUT2D eigenvalue weighted by Crippen LogP contribution is 2.28. The van der Waals surface area contributed by atoms with Crippen LogP contribution in [0.2, 0.25) is 0 Å². The first-order valence-electron chi connectivity index (χ1n) is 10.6. The lowest BCUT2D eigenvalue weighted by molar-refractivity contribution is -0.152. The Bertz CT molecular complexity index is 1010. The van der Waals surface area contributed by atoms with Crippen molar-refractivity contribution in [1.82, 2.24) is 0 Å². The maximum absolute atomic E-state index is 11.8. The minimum absolute atomic E-state index is 0.128. The summed E-state index contributed by atoms with van der Waals surface area (Å²) in [5, 5.41) is 3.07. The summed E-state index contributed by atoms with van der Waals surface area (Å²) in [7, 11) is 0. The first kappa shape index (κ1) is 22.4. The highest BCUT2D eigenvalue weighted by molar-refractivity contribution is 5.75. The van der Waals surface area contributed by atoms with Gasteiger partial charge in [0, 0.05) is 5.69 Å². The molecule has 0 aliphatic rings. The molecule has 3 rings (SSSR count). The fraction of sp³-hybridized carbons (Fsp3) is 0.296. The van der Waals surface area contributed by atoms with Crippen molar-refractivity contribution in [3.63, 3.8) is 0 Å². The molecule has 162 valence electrons. The number of benzene rings is 3. The normalized spacial score (nSPS) is 11.1. The molecule has 3 aromatic carbocycles. The Labute approximate surface area is 185 Å².